The van der Waals surface area contributed by atoms with Gasteiger partial charge < -0.3 is 9.84 Å². The second kappa shape index (κ2) is 7.38. The number of benzene rings is 1. The number of carboxylic acid groups (broad SMARTS) is 1. The summed E-state index contributed by atoms with van der Waals surface area (Å²) >= 11 is 0. The number of aliphatic carboxylic acids is 1. The highest BCUT2D eigenvalue weighted by atomic mass is 32.2. The van der Waals surface area contributed by atoms with E-state index in [1.165, 1.54) is 13.2 Å². The van der Waals surface area contributed by atoms with Gasteiger partial charge in [-0.15, -0.1) is 0 Å². The number of nitrogens with one attached hydrogen (secondary N) is 1. The van der Waals surface area contributed by atoms with Crippen LogP contribution in [0.1, 0.15) is 20.3 Å². The van der Waals surface area contributed by atoms with E-state index >= 15 is 0 Å². The molecular weight excluding hydrogens is 328 g/mol. The Balaban J connectivity index is 3.27. The number of sulfonamides is 1. The quantitative estimate of drug-likeness (QED) is 0.536. The predicted molar refractivity (Wildman–Crippen MR) is 80.8 cm³/mol. The molecule has 0 saturated heterocycles. The molecule has 0 radical (unpaired) electrons. The van der Waals surface area contributed by atoms with Crippen LogP contribution in [0.15, 0.2) is 23.1 Å². The number of methoxy groups -OCH3 is 1. The smallest absolute Gasteiger partial charge is 0.321 e. The maximum Gasteiger partial charge on any atom is 0.321 e. The molecule has 0 amide bonds. The standard InChI is InChI=1S/C13H18N2O7S/c1-8(2)6-10(13(16)17)14-23(20,21)12-5-4-9(22-3)7-11(12)15(18)19/h4-5,7-8,10,14H,6H2,1-3H3,(H,16,17)/t10-/m1/s1. The van der Waals surface area contributed by atoms with E-state index in [1.807, 2.05) is 4.72 Å². The van der Waals surface area contributed by atoms with Gasteiger partial charge in [-0.25, -0.2) is 8.42 Å². The summed E-state index contributed by atoms with van der Waals surface area (Å²) in [6.07, 6.45) is 0.0541. The van der Waals surface area contributed by atoms with Gasteiger partial charge in [0.25, 0.3) is 5.69 Å². The Morgan fingerprint density at radius 3 is 2.48 bits per heavy atom. The number of ether oxygens (including phenoxy) is 1. The van der Waals surface area contributed by atoms with Crippen molar-refractivity contribution in [2.45, 2.75) is 31.2 Å². The molecule has 0 saturated carbocycles. The van der Waals surface area contributed by atoms with Crippen LogP contribution in [0, 0.1) is 16.0 Å². The van der Waals surface area contributed by atoms with Gasteiger partial charge in [0.2, 0.25) is 10.0 Å². The minimum Gasteiger partial charge on any atom is -0.497 e. The van der Waals surface area contributed by atoms with Gasteiger partial charge in [0, 0.05) is 0 Å². The third-order valence-corrected chi connectivity index (χ3v) is 4.47. The van der Waals surface area contributed by atoms with Crippen LogP contribution in [0.5, 0.6) is 5.75 Å². The van der Waals surface area contributed by atoms with Crippen LogP contribution in [0.25, 0.3) is 0 Å². The number of carboxylic acids is 1. The number of nitro benzene ring substituents is 1. The fourth-order valence-corrected chi connectivity index (χ4v) is 3.27. The molecule has 0 heterocycles. The summed E-state index contributed by atoms with van der Waals surface area (Å²) in [5.41, 5.74) is -0.689. The SMILES string of the molecule is COc1ccc(S(=O)(=O)N[C@H](CC(C)C)C(=O)O)c([N+](=O)[O-])c1. The summed E-state index contributed by atoms with van der Waals surface area (Å²) in [6.45, 7) is 3.47. The van der Waals surface area contributed by atoms with Crippen LogP contribution < -0.4 is 9.46 Å². The van der Waals surface area contributed by atoms with Gasteiger partial charge in [0.1, 0.15) is 11.8 Å². The zero-order valence-corrected chi connectivity index (χ0v) is 13.7. The zero-order chi connectivity index (χ0) is 17.8. The molecular formula is C13H18N2O7S. The molecule has 23 heavy (non-hydrogen) atoms. The van der Waals surface area contributed by atoms with Crippen molar-refractivity contribution in [2.24, 2.45) is 5.92 Å². The summed E-state index contributed by atoms with van der Waals surface area (Å²) in [4.78, 5) is 20.8. The average Bonchev–Trinajstić information content (AvgIpc) is 2.44. The Hall–Kier alpha value is -2.20. The first-order valence-corrected chi connectivity index (χ1v) is 8.14. The molecule has 0 fully saturated rings. The molecule has 0 unspecified atom stereocenters. The van der Waals surface area contributed by atoms with E-state index in [9.17, 15) is 23.3 Å². The highest BCUT2D eigenvalue weighted by Gasteiger charge is 2.31. The Bertz CT molecular complexity index is 700. The lowest BCUT2D eigenvalue weighted by Crippen LogP contribution is -2.41. The molecule has 0 bridgehead atoms. The van der Waals surface area contributed by atoms with Crippen LogP contribution in [-0.4, -0.2) is 37.6 Å². The van der Waals surface area contributed by atoms with Crippen molar-refractivity contribution in [3.05, 3.63) is 28.3 Å². The van der Waals surface area contributed by atoms with Crippen LogP contribution in [-0.2, 0) is 14.8 Å². The molecule has 10 heteroatoms. The van der Waals surface area contributed by atoms with Gasteiger partial charge in [-0.05, 0) is 24.5 Å². The van der Waals surface area contributed by atoms with Crippen molar-refractivity contribution in [2.75, 3.05) is 7.11 Å². The maximum absolute atomic E-state index is 12.3. The van der Waals surface area contributed by atoms with E-state index in [2.05, 4.69) is 0 Å². The summed E-state index contributed by atoms with van der Waals surface area (Å²) in [5.74, 6) is -1.31. The van der Waals surface area contributed by atoms with E-state index in [0.717, 1.165) is 12.1 Å². The highest BCUT2D eigenvalue weighted by Crippen LogP contribution is 2.28. The van der Waals surface area contributed by atoms with Crippen LogP contribution in [0.4, 0.5) is 5.69 Å². The number of rotatable bonds is 8. The zero-order valence-electron chi connectivity index (χ0n) is 12.8. The van der Waals surface area contributed by atoms with E-state index in [0.29, 0.717) is 0 Å². The van der Waals surface area contributed by atoms with Crippen LogP contribution >= 0.6 is 0 Å². The first-order chi connectivity index (χ1) is 10.6. The molecule has 9 nitrogen and oxygen atoms in total. The molecule has 0 spiro atoms. The average molecular weight is 346 g/mol. The summed E-state index contributed by atoms with van der Waals surface area (Å²) in [7, 11) is -3.09. The molecule has 1 aromatic carbocycles. The predicted octanol–water partition coefficient (Wildman–Crippen LogP) is 1.38. The summed E-state index contributed by atoms with van der Waals surface area (Å²) < 4.78 is 31.5. The van der Waals surface area contributed by atoms with E-state index in [1.54, 1.807) is 13.8 Å². The van der Waals surface area contributed by atoms with Crippen molar-refractivity contribution < 1.29 is 28.0 Å². The fraction of sp³-hybridized carbons (Fsp3) is 0.462. The highest BCUT2D eigenvalue weighted by molar-refractivity contribution is 7.89. The number of hydrogen-bond acceptors (Lipinski definition) is 6. The second-order valence-corrected chi connectivity index (χ2v) is 6.91. The van der Waals surface area contributed by atoms with Crippen molar-refractivity contribution in [1.29, 1.82) is 0 Å². The lowest BCUT2D eigenvalue weighted by molar-refractivity contribution is -0.387. The molecule has 0 aliphatic carbocycles. The van der Waals surface area contributed by atoms with Gasteiger partial charge in [0.15, 0.2) is 4.90 Å². The summed E-state index contributed by atoms with van der Waals surface area (Å²) in [6, 6.07) is 1.85. The third-order valence-electron chi connectivity index (χ3n) is 2.95. The first kappa shape index (κ1) is 18.8. The minimum absolute atomic E-state index is 0.0541. The summed E-state index contributed by atoms with van der Waals surface area (Å²) in [5, 5.41) is 20.2. The Morgan fingerprint density at radius 1 is 1.43 bits per heavy atom. The fourth-order valence-electron chi connectivity index (χ4n) is 1.92. The topological polar surface area (TPSA) is 136 Å². The van der Waals surface area contributed by atoms with Gasteiger partial charge in [-0.1, -0.05) is 13.8 Å². The molecule has 0 aliphatic heterocycles. The van der Waals surface area contributed by atoms with Gasteiger partial charge in [0.05, 0.1) is 18.1 Å². The number of carbonyl (C=O) groups is 1. The Kier molecular flexibility index (Phi) is 6.05. The van der Waals surface area contributed by atoms with Crippen LogP contribution in [0.3, 0.4) is 0 Å². The number of nitrogens with zero attached hydrogens (tertiary/aromatic N) is 1. The van der Waals surface area contributed by atoms with Gasteiger partial charge >= 0.3 is 5.97 Å². The van der Waals surface area contributed by atoms with Crippen molar-refractivity contribution in [3.63, 3.8) is 0 Å². The molecule has 1 atom stereocenters. The monoisotopic (exact) mass is 346 g/mol. The third kappa shape index (κ3) is 4.89. The Morgan fingerprint density at radius 2 is 2.04 bits per heavy atom. The molecule has 2 N–H and O–H groups in total. The maximum atomic E-state index is 12.3. The number of nitro groups is 1. The minimum atomic E-state index is -4.38. The lowest BCUT2D eigenvalue weighted by Gasteiger charge is -2.16. The molecule has 128 valence electrons. The number of hydrogen-bond donors (Lipinski definition) is 2. The molecule has 0 aromatic heterocycles. The second-order valence-electron chi connectivity index (χ2n) is 5.23. The normalized spacial score (nSPS) is 12.9. The molecule has 1 aromatic rings. The Labute approximate surface area is 133 Å². The lowest BCUT2D eigenvalue weighted by atomic mass is 10.1. The largest absolute Gasteiger partial charge is 0.497 e. The van der Waals surface area contributed by atoms with Gasteiger partial charge in [-0.3, -0.25) is 14.9 Å². The van der Waals surface area contributed by atoms with E-state index in [-0.39, 0.29) is 18.1 Å². The van der Waals surface area contributed by atoms with Crippen molar-refractivity contribution in [1.82, 2.24) is 4.72 Å². The first-order valence-electron chi connectivity index (χ1n) is 6.66. The molecule has 0 aliphatic rings. The van der Waals surface area contributed by atoms with Gasteiger partial charge in [-0.2, -0.15) is 4.72 Å². The van der Waals surface area contributed by atoms with E-state index in [4.69, 9.17) is 9.84 Å². The van der Waals surface area contributed by atoms with Crippen LogP contribution in [0.2, 0.25) is 0 Å². The van der Waals surface area contributed by atoms with Crippen molar-refractivity contribution in [3.8, 4) is 5.75 Å². The van der Waals surface area contributed by atoms with Crippen molar-refractivity contribution >= 4 is 21.7 Å². The van der Waals surface area contributed by atoms with E-state index < -0.39 is 37.5 Å². The molecule has 1 rings (SSSR count).